The monoisotopic (exact) mass is 632 g/mol. The van der Waals surface area contributed by atoms with Gasteiger partial charge in [0.05, 0.1) is 35.6 Å². The number of thiazole rings is 1. The van der Waals surface area contributed by atoms with Crippen LogP contribution in [-0.4, -0.2) is 30.4 Å². The lowest BCUT2D eigenvalue weighted by atomic mass is 9.95. The molecule has 2 heterocycles. The molecule has 0 unspecified atom stereocenters. The summed E-state index contributed by atoms with van der Waals surface area (Å²) < 4.78 is 25.1. The van der Waals surface area contributed by atoms with Gasteiger partial charge in [-0.15, -0.1) is 0 Å². The molecule has 0 amide bonds. The van der Waals surface area contributed by atoms with E-state index in [1.807, 2.05) is 80.6 Å². The summed E-state index contributed by atoms with van der Waals surface area (Å²) >= 11 is 7.24. The molecule has 0 spiro atoms. The molecule has 5 rings (SSSR count). The van der Waals surface area contributed by atoms with Crippen LogP contribution >= 0.6 is 22.9 Å². The maximum Gasteiger partial charge on any atom is 0.338 e. The summed E-state index contributed by atoms with van der Waals surface area (Å²) in [7, 11) is 1.57. The molecule has 0 radical (unpaired) electrons. The Morgan fingerprint density at radius 3 is 2.52 bits per heavy atom. The van der Waals surface area contributed by atoms with Gasteiger partial charge in [-0.05, 0) is 75.2 Å². The van der Waals surface area contributed by atoms with E-state index >= 15 is 0 Å². The van der Waals surface area contributed by atoms with Crippen LogP contribution in [0.2, 0.25) is 5.02 Å². The van der Waals surface area contributed by atoms with Crippen LogP contribution in [0.5, 0.6) is 17.2 Å². The molecular weight excluding hydrogens is 600 g/mol. The van der Waals surface area contributed by atoms with E-state index in [1.165, 1.54) is 11.3 Å². The van der Waals surface area contributed by atoms with Gasteiger partial charge in [0.1, 0.15) is 18.4 Å². The van der Waals surface area contributed by atoms with E-state index in [4.69, 9.17) is 30.5 Å². The van der Waals surface area contributed by atoms with Crippen LogP contribution in [0.4, 0.5) is 0 Å². The minimum absolute atomic E-state index is 0.115. The van der Waals surface area contributed by atoms with Gasteiger partial charge in [-0.25, -0.2) is 9.79 Å². The van der Waals surface area contributed by atoms with Crippen molar-refractivity contribution in [3.8, 4) is 17.2 Å². The largest absolute Gasteiger partial charge is 0.493 e. The van der Waals surface area contributed by atoms with Crippen LogP contribution in [0.15, 0.2) is 87.8 Å². The van der Waals surface area contributed by atoms with E-state index < -0.39 is 12.0 Å². The van der Waals surface area contributed by atoms with E-state index in [9.17, 15) is 9.59 Å². The Hall–Kier alpha value is -4.34. The molecule has 44 heavy (non-hydrogen) atoms. The minimum atomic E-state index is -0.777. The Kier molecular flexibility index (Phi) is 9.56. The topological polar surface area (TPSA) is 88.4 Å². The number of halogens is 1. The first kappa shape index (κ1) is 31.1. The van der Waals surface area contributed by atoms with E-state index in [2.05, 4.69) is 4.99 Å². The number of carbonyl (C=O) groups is 1. The number of para-hydroxylation sites is 1. The van der Waals surface area contributed by atoms with Gasteiger partial charge in [0.15, 0.2) is 16.3 Å². The predicted molar refractivity (Wildman–Crippen MR) is 171 cm³/mol. The zero-order valence-corrected chi connectivity index (χ0v) is 26.7. The quantitative estimate of drug-likeness (QED) is 0.205. The second-order valence-electron chi connectivity index (χ2n) is 10.3. The molecule has 0 aliphatic carbocycles. The van der Waals surface area contributed by atoms with Crippen molar-refractivity contribution in [2.75, 3.05) is 13.7 Å². The van der Waals surface area contributed by atoms with Crippen molar-refractivity contribution in [3.63, 3.8) is 0 Å². The van der Waals surface area contributed by atoms with Crippen LogP contribution in [0.3, 0.4) is 0 Å². The molecule has 8 nitrogen and oxygen atoms in total. The standard InChI is InChI=1S/C34H33ClN2O6S/c1-6-41-33(39)30-21(4)36-34-37(31(30)25-9-7-8-10-26(25)43-20(2)3)32(38)29(44-34)18-23-13-16-27(28(17-23)40-5)42-19-22-11-14-24(35)15-12-22/h7-18,20,31H,6,19H2,1-5H3/b29-18+/t31-/m1/s1. The van der Waals surface area contributed by atoms with Gasteiger partial charge in [0.25, 0.3) is 5.56 Å². The maximum absolute atomic E-state index is 14.1. The Balaban J connectivity index is 1.57. The van der Waals surface area contributed by atoms with Crippen LogP contribution in [0.25, 0.3) is 6.08 Å². The fourth-order valence-electron chi connectivity index (χ4n) is 4.94. The Labute approximate surface area is 264 Å². The summed E-state index contributed by atoms with van der Waals surface area (Å²) in [6, 6.07) is 19.6. The third-order valence-corrected chi connectivity index (χ3v) is 8.12. The zero-order chi connectivity index (χ0) is 31.4. The molecule has 4 aromatic rings. The van der Waals surface area contributed by atoms with Crippen LogP contribution in [-0.2, 0) is 16.1 Å². The highest BCUT2D eigenvalue weighted by molar-refractivity contribution is 7.07. The number of methoxy groups -OCH3 is 1. The number of fused-ring (bicyclic) bond motifs is 1. The first-order valence-corrected chi connectivity index (χ1v) is 15.4. The predicted octanol–water partition coefficient (Wildman–Crippen LogP) is 5.83. The maximum atomic E-state index is 14.1. The molecule has 1 aliphatic heterocycles. The summed E-state index contributed by atoms with van der Waals surface area (Å²) in [6.45, 7) is 7.90. The highest BCUT2D eigenvalue weighted by Gasteiger charge is 2.35. The molecule has 228 valence electrons. The SMILES string of the molecule is CCOC(=O)C1=C(C)N=c2s/c(=C/c3ccc(OCc4ccc(Cl)cc4)c(OC)c3)c(=O)n2[C@@H]1c1ccccc1OC(C)C. The van der Waals surface area contributed by atoms with Gasteiger partial charge in [-0.1, -0.05) is 59.3 Å². The van der Waals surface area contributed by atoms with E-state index in [0.717, 1.165) is 11.1 Å². The van der Waals surface area contributed by atoms with E-state index in [1.54, 1.807) is 31.6 Å². The summed E-state index contributed by atoms with van der Waals surface area (Å²) in [5, 5.41) is 0.660. The molecule has 3 aromatic carbocycles. The number of aromatic nitrogens is 1. The van der Waals surface area contributed by atoms with Gasteiger partial charge in [0, 0.05) is 10.6 Å². The smallest absolute Gasteiger partial charge is 0.338 e. The van der Waals surface area contributed by atoms with E-state index in [0.29, 0.717) is 55.0 Å². The molecule has 1 atom stereocenters. The number of esters is 1. The van der Waals surface area contributed by atoms with Crippen molar-refractivity contribution in [1.82, 2.24) is 4.57 Å². The molecule has 10 heteroatoms. The molecule has 0 saturated heterocycles. The fraction of sp³-hybridized carbons (Fsp3) is 0.265. The number of rotatable bonds is 10. The lowest BCUT2D eigenvalue weighted by molar-refractivity contribution is -0.139. The van der Waals surface area contributed by atoms with Crippen molar-refractivity contribution >= 4 is 35.0 Å². The van der Waals surface area contributed by atoms with Gasteiger partial charge < -0.3 is 18.9 Å². The zero-order valence-electron chi connectivity index (χ0n) is 25.1. The fourth-order valence-corrected chi connectivity index (χ4v) is 6.11. The Morgan fingerprint density at radius 1 is 1.07 bits per heavy atom. The van der Waals surface area contributed by atoms with Gasteiger partial charge in [0.2, 0.25) is 0 Å². The van der Waals surface area contributed by atoms with Crippen molar-refractivity contribution in [2.45, 2.75) is 46.4 Å². The van der Waals surface area contributed by atoms with Gasteiger partial charge in [-0.2, -0.15) is 0 Å². The summed E-state index contributed by atoms with van der Waals surface area (Å²) in [6.07, 6.45) is 1.67. The average Bonchev–Trinajstić information content (AvgIpc) is 3.30. The second-order valence-corrected chi connectivity index (χ2v) is 11.8. The molecule has 0 saturated carbocycles. The number of benzene rings is 3. The lowest BCUT2D eigenvalue weighted by Crippen LogP contribution is -2.40. The molecular formula is C34H33ClN2O6S. The van der Waals surface area contributed by atoms with Crippen LogP contribution in [0, 0.1) is 0 Å². The molecule has 1 aliphatic rings. The summed E-state index contributed by atoms with van der Waals surface area (Å²) in [5.74, 6) is 1.15. The summed E-state index contributed by atoms with van der Waals surface area (Å²) in [5.41, 5.74) is 2.89. The third kappa shape index (κ3) is 6.59. The molecule has 0 fully saturated rings. The second kappa shape index (κ2) is 13.5. The number of carbonyl (C=O) groups excluding carboxylic acids is 1. The first-order valence-electron chi connectivity index (χ1n) is 14.2. The Bertz CT molecular complexity index is 1890. The average molecular weight is 633 g/mol. The van der Waals surface area contributed by atoms with Crippen LogP contribution in [0.1, 0.15) is 50.4 Å². The minimum Gasteiger partial charge on any atom is -0.493 e. The highest BCUT2D eigenvalue weighted by atomic mass is 35.5. The van der Waals surface area contributed by atoms with Gasteiger partial charge in [-0.3, -0.25) is 9.36 Å². The number of allylic oxidation sites excluding steroid dienone is 1. The molecule has 0 N–H and O–H groups in total. The first-order chi connectivity index (χ1) is 21.2. The van der Waals surface area contributed by atoms with Crippen molar-refractivity contribution in [1.29, 1.82) is 0 Å². The van der Waals surface area contributed by atoms with Crippen LogP contribution < -0.4 is 29.1 Å². The van der Waals surface area contributed by atoms with Crippen molar-refractivity contribution in [3.05, 3.63) is 119 Å². The number of hydrogen-bond donors (Lipinski definition) is 0. The number of nitrogens with zero attached hydrogens (tertiary/aromatic N) is 2. The number of hydrogen-bond acceptors (Lipinski definition) is 8. The number of ether oxygens (including phenoxy) is 4. The van der Waals surface area contributed by atoms with Gasteiger partial charge >= 0.3 is 5.97 Å². The van der Waals surface area contributed by atoms with Crippen molar-refractivity contribution < 1.29 is 23.7 Å². The summed E-state index contributed by atoms with van der Waals surface area (Å²) in [4.78, 5) is 32.5. The van der Waals surface area contributed by atoms with Crippen molar-refractivity contribution in [2.24, 2.45) is 4.99 Å². The lowest BCUT2D eigenvalue weighted by Gasteiger charge is -2.26. The van der Waals surface area contributed by atoms with E-state index in [-0.39, 0.29) is 18.3 Å². The normalized spacial score (nSPS) is 14.7. The molecule has 0 bridgehead atoms. The highest BCUT2D eigenvalue weighted by Crippen LogP contribution is 2.36. The molecule has 1 aromatic heterocycles. The third-order valence-electron chi connectivity index (χ3n) is 6.89. The Morgan fingerprint density at radius 2 is 1.82 bits per heavy atom.